The van der Waals surface area contributed by atoms with Crippen molar-refractivity contribution in [2.75, 3.05) is 23.4 Å². The summed E-state index contributed by atoms with van der Waals surface area (Å²) in [6.07, 6.45) is 0. The molecule has 18 heavy (non-hydrogen) atoms. The molecule has 0 saturated heterocycles. The molecule has 0 atom stereocenters. The van der Waals surface area contributed by atoms with Gasteiger partial charge >= 0.3 is 0 Å². The smallest absolute Gasteiger partial charge is 0.156 e. The van der Waals surface area contributed by atoms with Crippen molar-refractivity contribution in [1.82, 2.24) is 4.98 Å². The van der Waals surface area contributed by atoms with Crippen molar-refractivity contribution in [3.63, 3.8) is 0 Å². The average Bonchev–Trinajstić information content (AvgIpc) is 2.41. The summed E-state index contributed by atoms with van der Waals surface area (Å²) in [4.78, 5) is 4.36. The van der Waals surface area contributed by atoms with Crippen molar-refractivity contribution in [3.05, 3.63) is 42.0 Å². The molecule has 0 amide bonds. The lowest BCUT2D eigenvalue weighted by Gasteiger charge is -2.10. The molecule has 5 nitrogen and oxygen atoms in total. The van der Waals surface area contributed by atoms with Crippen LogP contribution in [0, 0.1) is 0 Å². The Bertz CT molecular complexity index is 539. The molecular formula is C13H17N5. The minimum atomic E-state index is 0.509. The molecule has 0 aliphatic carbocycles. The lowest BCUT2D eigenvalue weighted by molar-refractivity contribution is 1.07. The van der Waals surface area contributed by atoms with E-state index in [1.807, 2.05) is 43.4 Å². The van der Waals surface area contributed by atoms with Gasteiger partial charge in [0.1, 0.15) is 5.82 Å². The van der Waals surface area contributed by atoms with E-state index in [0.29, 0.717) is 18.1 Å². The number of nitrogens with two attached hydrogens (primary N) is 2. The molecule has 0 spiro atoms. The predicted octanol–water partition coefficient (Wildman–Crippen LogP) is 1.91. The summed E-state index contributed by atoms with van der Waals surface area (Å²) in [6.45, 7) is 0.509. The Labute approximate surface area is 106 Å². The second kappa shape index (κ2) is 5.37. The van der Waals surface area contributed by atoms with Crippen LogP contribution in [0.15, 0.2) is 36.4 Å². The standard InChI is InChI=1S/C13H17N5/c1-16-12-6-5-11(15)13(18-12)17-10-4-2-3-9(7-10)8-14/h2-7H,8,14-15H2,1H3,(H2,16,17,18). The molecule has 94 valence electrons. The van der Waals surface area contributed by atoms with Crippen LogP contribution in [0.25, 0.3) is 0 Å². The quantitative estimate of drug-likeness (QED) is 0.658. The molecule has 0 radical (unpaired) electrons. The van der Waals surface area contributed by atoms with E-state index in [1.165, 1.54) is 0 Å². The van der Waals surface area contributed by atoms with Gasteiger partial charge in [-0.05, 0) is 29.8 Å². The first-order chi connectivity index (χ1) is 8.72. The molecule has 5 heteroatoms. The van der Waals surface area contributed by atoms with Crippen molar-refractivity contribution in [3.8, 4) is 0 Å². The van der Waals surface area contributed by atoms with Gasteiger partial charge < -0.3 is 22.1 Å². The molecular weight excluding hydrogens is 226 g/mol. The molecule has 0 unspecified atom stereocenters. The van der Waals surface area contributed by atoms with Crippen LogP contribution in [0.5, 0.6) is 0 Å². The number of aromatic nitrogens is 1. The first kappa shape index (κ1) is 12.2. The van der Waals surface area contributed by atoms with E-state index >= 15 is 0 Å². The minimum absolute atomic E-state index is 0.509. The summed E-state index contributed by atoms with van der Waals surface area (Å²) in [5.74, 6) is 1.40. The summed E-state index contributed by atoms with van der Waals surface area (Å²) < 4.78 is 0. The Balaban J connectivity index is 2.27. The van der Waals surface area contributed by atoms with Gasteiger partial charge in [0.25, 0.3) is 0 Å². The average molecular weight is 243 g/mol. The van der Waals surface area contributed by atoms with Crippen molar-refractivity contribution < 1.29 is 0 Å². The van der Waals surface area contributed by atoms with Crippen molar-refractivity contribution in [1.29, 1.82) is 0 Å². The number of pyridine rings is 1. The summed E-state index contributed by atoms with van der Waals surface area (Å²) in [6, 6.07) is 11.5. The van der Waals surface area contributed by atoms with Crippen LogP contribution in [-0.2, 0) is 6.54 Å². The summed E-state index contributed by atoms with van der Waals surface area (Å²) in [5, 5.41) is 6.17. The van der Waals surface area contributed by atoms with Gasteiger partial charge in [0.05, 0.1) is 5.69 Å². The minimum Gasteiger partial charge on any atom is -0.396 e. The van der Waals surface area contributed by atoms with E-state index in [4.69, 9.17) is 11.5 Å². The third-order valence-electron chi connectivity index (χ3n) is 2.61. The highest BCUT2D eigenvalue weighted by Gasteiger charge is 2.03. The fourth-order valence-corrected chi connectivity index (χ4v) is 1.62. The Morgan fingerprint density at radius 1 is 1.22 bits per heavy atom. The molecule has 0 saturated carbocycles. The molecule has 0 fully saturated rings. The molecule has 2 rings (SSSR count). The maximum Gasteiger partial charge on any atom is 0.156 e. The van der Waals surface area contributed by atoms with Crippen LogP contribution in [0.4, 0.5) is 23.0 Å². The van der Waals surface area contributed by atoms with Crippen LogP contribution in [0.1, 0.15) is 5.56 Å². The molecule has 0 aliphatic heterocycles. The Morgan fingerprint density at radius 3 is 2.78 bits per heavy atom. The van der Waals surface area contributed by atoms with Gasteiger partial charge in [-0.1, -0.05) is 12.1 Å². The monoisotopic (exact) mass is 243 g/mol. The van der Waals surface area contributed by atoms with E-state index in [1.54, 1.807) is 0 Å². The number of nitrogens with zero attached hydrogens (tertiary/aromatic N) is 1. The van der Waals surface area contributed by atoms with E-state index in [0.717, 1.165) is 17.1 Å². The van der Waals surface area contributed by atoms with E-state index in [9.17, 15) is 0 Å². The Hall–Kier alpha value is -2.27. The van der Waals surface area contributed by atoms with Gasteiger partial charge in [-0.25, -0.2) is 4.98 Å². The molecule has 1 aromatic carbocycles. The fourth-order valence-electron chi connectivity index (χ4n) is 1.62. The SMILES string of the molecule is CNc1ccc(N)c(Nc2cccc(CN)c2)n1. The fraction of sp³-hybridized carbons (Fsp3) is 0.154. The zero-order valence-electron chi connectivity index (χ0n) is 10.3. The molecule has 0 aliphatic rings. The lowest BCUT2D eigenvalue weighted by Crippen LogP contribution is -2.03. The first-order valence-electron chi connectivity index (χ1n) is 5.73. The van der Waals surface area contributed by atoms with Crippen molar-refractivity contribution in [2.45, 2.75) is 6.54 Å². The molecule has 1 aromatic heterocycles. The normalized spacial score (nSPS) is 10.1. The second-order valence-corrected chi connectivity index (χ2v) is 3.91. The number of anilines is 4. The molecule has 2 aromatic rings. The highest BCUT2D eigenvalue weighted by atomic mass is 15.1. The highest BCUT2D eigenvalue weighted by Crippen LogP contribution is 2.23. The van der Waals surface area contributed by atoms with E-state index < -0.39 is 0 Å². The highest BCUT2D eigenvalue weighted by molar-refractivity contribution is 5.70. The van der Waals surface area contributed by atoms with Crippen LogP contribution in [0.3, 0.4) is 0 Å². The number of nitrogens with one attached hydrogen (secondary N) is 2. The second-order valence-electron chi connectivity index (χ2n) is 3.91. The number of benzene rings is 1. The van der Waals surface area contributed by atoms with Gasteiger partial charge in [-0.15, -0.1) is 0 Å². The molecule has 0 bridgehead atoms. The van der Waals surface area contributed by atoms with Gasteiger partial charge in [0.15, 0.2) is 5.82 Å². The number of nitrogen functional groups attached to an aromatic ring is 1. The van der Waals surface area contributed by atoms with Gasteiger partial charge in [-0.2, -0.15) is 0 Å². The molecule has 6 N–H and O–H groups in total. The summed E-state index contributed by atoms with van der Waals surface area (Å²) in [7, 11) is 1.82. The largest absolute Gasteiger partial charge is 0.396 e. The van der Waals surface area contributed by atoms with Crippen molar-refractivity contribution >= 4 is 23.0 Å². The Morgan fingerprint density at radius 2 is 2.06 bits per heavy atom. The van der Waals surface area contributed by atoms with Gasteiger partial charge in [0.2, 0.25) is 0 Å². The zero-order valence-corrected chi connectivity index (χ0v) is 10.3. The zero-order chi connectivity index (χ0) is 13.0. The van der Waals surface area contributed by atoms with Crippen LogP contribution in [0.2, 0.25) is 0 Å². The van der Waals surface area contributed by atoms with E-state index in [2.05, 4.69) is 15.6 Å². The van der Waals surface area contributed by atoms with Crippen LogP contribution in [-0.4, -0.2) is 12.0 Å². The third-order valence-corrected chi connectivity index (χ3v) is 2.61. The van der Waals surface area contributed by atoms with Crippen molar-refractivity contribution in [2.24, 2.45) is 5.73 Å². The number of hydrogen-bond acceptors (Lipinski definition) is 5. The van der Waals surface area contributed by atoms with Gasteiger partial charge in [0, 0.05) is 19.3 Å². The summed E-state index contributed by atoms with van der Waals surface area (Å²) >= 11 is 0. The summed E-state index contributed by atoms with van der Waals surface area (Å²) in [5.41, 5.74) is 14.1. The molecule has 1 heterocycles. The van der Waals surface area contributed by atoms with Crippen LogP contribution < -0.4 is 22.1 Å². The van der Waals surface area contributed by atoms with Crippen LogP contribution >= 0.6 is 0 Å². The predicted molar refractivity (Wildman–Crippen MR) is 75.8 cm³/mol. The maximum absolute atomic E-state index is 5.89. The number of hydrogen-bond donors (Lipinski definition) is 4. The first-order valence-corrected chi connectivity index (χ1v) is 5.73. The topological polar surface area (TPSA) is 89.0 Å². The lowest BCUT2D eigenvalue weighted by atomic mass is 10.2. The third kappa shape index (κ3) is 2.70. The Kier molecular flexibility index (Phi) is 3.64. The van der Waals surface area contributed by atoms with E-state index in [-0.39, 0.29) is 0 Å². The maximum atomic E-state index is 5.89. The number of rotatable bonds is 4. The van der Waals surface area contributed by atoms with Gasteiger partial charge in [-0.3, -0.25) is 0 Å².